The minimum Gasteiger partial charge on any atom is -0.310 e. The van der Waals surface area contributed by atoms with Crippen LogP contribution in [0.2, 0.25) is 0 Å². The molecular formula is C7H18N4O. The van der Waals surface area contributed by atoms with Crippen molar-refractivity contribution >= 4 is 12.0 Å². The molecule has 0 heterocycles. The van der Waals surface area contributed by atoms with Gasteiger partial charge in [-0.1, -0.05) is 6.92 Å². The molecule has 0 radical (unpaired) electrons. The number of nitrogens with zero attached hydrogens (tertiary/aromatic N) is 1. The summed E-state index contributed by atoms with van der Waals surface area (Å²) in [6.07, 6.45) is 1.25. The van der Waals surface area contributed by atoms with Crippen LogP contribution in [0, 0.1) is 0 Å². The van der Waals surface area contributed by atoms with Gasteiger partial charge in [0.15, 0.2) is 5.78 Å². The predicted octanol–water partition coefficient (Wildman–Crippen LogP) is -0.360. The lowest BCUT2D eigenvalue weighted by Crippen LogP contribution is -2.20. The summed E-state index contributed by atoms with van der Waals surface area (Å²) < 4.78 is 0. The van der Waals surface area contributed by atoms with E-state index in [1.165, 1.54) is 13.1 Å². The Morgan fingerprint density at radius 1 is 1.50 bits per heavy atom. The molecule has 0 aliphatic heterocycles. The van der Waals surface area contributed by atoms with Crippen LogP contribution in [0.3, 0.4) is 0 Å². The molecule has 0 aromatic rings. The molecule has 72 valence electrons. The van der Waals surface area contributed by atoms with Gasteiger partial charge in [0.1, 0.15) is 0 Å². The highest BCUT2D eigenvalue weighted by Gasteiger charge is 1.78. The number of hydrazone groups is 1. The van der Waals surface area contributed by atoms with Gasteiger partial charge < -0.3 is 5.43 Å². The van der Waals surface area contributed by atoms with Gasteiger partial charge in [-0.05, 0) is 6.92 Å². The molecule has 0 aliphatic rings. The molecule has 5 heteroatoms. The van der Waals surface area contributed by atoms with E-state index in [-0.39, 0.29) is 5.78 Å². The van der Waals surface area contributed by atoms with Crippen molar-refractivity contribution < 1.29 is 4.79 Å². The summed E-state index contributed by atoms with van der Waals surface area (Å²) in [5.74, 6) is 4.74. The van der Waals surface area contributed by atoms with E-state index in [0.29, 0.717) is 0 Å². The standard InChI is InChI=1S/C5H10N2O.C2H8N2/c1-3-6-7-4-5(2)8;1-2-4-3/h4,6H,3H2,1-2H3;4H,2-3H2,1H3. The Kier molecular flexibility index (Phi) is 14.4. The summed E-state index contributed by atoms with van der Waals surface area (Å²) in [4.78, 5) is 10.1. The van der Waals surface area contributed by atoms with Gasteiger partial charge in [-0.2, -0.15) is 5.10 Å². The largest absolute Gasteiger partial charge is 0.310 e. The van der Waals surface area contributed by atoms with Gasteiger partial charge in [-0.3, -0.25) is 16.1 Å². The smallest absolute Gasteiger partial charge is 0.172 e. The molecule has 0 atom stereocenters. The van der Waals surface area contributed by atoms with Gasteiger partial charge in [0.2, 0.25) is 0 Å². The van der Waals surface area contributed by atoms with Crippen LogP contribution in [0.1, 0.15) is 20.8 Å². The fourth-order valence-corrected chi connectivity index (χ4v) is 0.228. The monoisotopic (exact) mass is 174 g/mol. The van der Waals surface area contributed by atoms with Crippen molar-refractivity contribution in [2.75, 3.05) is 13.1 Å². The molecule has 0 fully saturated rings. The molecule has 12 heavy (non-hydrogen) atoms. The molecule has 0 unspecified atom stereocenters. The zero-order valence-corrected chi connectivity index (χ0v) is 7.92. The van der Waals surface area contributed by atoms with E-state index in [1.54, 1.807) is 0 Å². The molecule has 0 aromatic carbocycles. The lowest BCUT2D eigenvalue weighted by atomic mass is 10.5. The molecule has 0 bridgehead atoms. The van der Waals surface area contributed by atoms with Crippen molar-refractivity contribution in [3.8, 4) is 0 Å². The van der Waals surface area contributed by atoms with Gasteiger partial charge in [0.25, 0.3) is 0 Å². The number of rotatable bonds is 4. The lowest BCUT2D eigenvalue weighted by Gasteiger charge is -1.86. The van der Waals surface area contributed by atoms with Gasteiger partial charge in [-0.15, -0.1) is 0 Å². The Labute approximate surface area is 73.4 Å². The topological polar surface area (TPSA) is 79.5 Å². The molecular weight excluding hydrogens is 156 g/mol. The zero-order valence-electron chi connectivity index (χ0n) is 7.92. The SMILES string of the molecule is CCNN.CCNN=CC(C)=O. The number of carbonyl (C=O) groups is 1. The first-order chi connectivity index (χ1) is 5.68. The molecule has 0 saturated carbocycles. The van der Waals surface area contributed by atoms with Gasteiger partial charge in [0.05, 0.1) is 6.21 Å². The maximum Gasteiger partial charge on any atom is 0.172 e. The molecule has 4 N–H and O–H groups in total. The summed E-state index contributed by atoms with van der Waals surface area (Å²) in [5.41, 5.74) is 5.06. The van der Waals surface area contributed by atoms with Gasteiger partial charge >= 0.3 is 0 Å². The highest BCUT2D eigenvalue weighted by Crippen LogP contribution is 1.59. The third-order valence-corrected chi connectivity index (χ3v) is 0.700. The van der Waals surface area contributed by atoms with Crippen molar-refractivity contribution in [3.05, 3.63) is 0 Å². The number of Topliss-reactive ketones (excluding diaryl/α,β-unsaturated/α-hetero) is 1. The van der Waals surface area contributed by atoms with Crippen molar-refractivity contribution in [3.63, 3.8) is 0 Å². The maximum atomic E-state index is 10.1. The second kappa shape index (κ2) is 12.7. The van der Waals surface area contributed by atoms with E-state index >= 15 is 0 Å². The minimum absolute atomic E-state index is 0.0362. The van der Waals surface area contributed by atoms with Crippen LogP contribution in [-0.4, -0.2) is 25.1 Å². The summed E-state index contributed by atoms with van der Waals surface area (Å²) in [6.45, 7) is 6.92. The number of ketones is 1. The summed E-state index contributed by atoms with van der Waals surface area (Å²) >= 11 is 0. The molecule has 0 amide bonds. The van der Waals surface area contributed by atoms with Crippen LogP contribution >= 0.6 is 0 Å². The minimum atomic E-state index is -0.0362. The zero-order chi connectivity index (χ0) is 9.82. The molecule has 0 rings (SSSR count). The van der Waals surface area contributed by atoms with Crippen LogP contribution in [0.4, 0.5) is 0 Å². The number of hydrogen-bond acceptors (Lipinski definition) is 5. The fourth-order valence-electron chi connectivity index (χ4n) is 0.228. The van der Waals surface area contributed by atoms with Crippen molar-refractivity contribution in [2.24, 2.45) is 10.9 Å². The summed E-state index contributed by atoms with van der Waals surface area (Å²) in [5, 5.41) is 3.56. The quantitative estimate of drug-likeness (QED) is 0.309. The van der Waals surface area contributed by atoms with Crippen molar-refractivity contribution in [2.45, 2.75) is 20.8 Å². The van der Waals surface area contributed by atoms with E-state index in [4.69, 9.17) is 5.84 Å². The van der Waals surface area contributed by atoms with Crippen molar-refractivity contribution in [1.29, 1.82) is 0 Å². The summed E-state index contributed by atoms with van der Waals surface area (Å²) in [7, 11) is 0. The summed E-state index contributed by atoms with van der Waals surface area (Å²) in [6, 6.07) is 0. The Hall–Kier alpha value is -0.940. The second-order valence-corrected chi connectivity index (χ2v) is 1.94. The van der Waals surface area contributed by atoms with Crippen LogP contribution in [0.15, 0.2) is 5.10 Å². The van der Waals surface area contributed by atoms with Gasteiger partial charge in [-0.25, -0.2) is 0 Å². The highest BCUT2D eigenvalue weighted by atomic mass is 16.1. The first-order valence-electron chi connectivity index (χ1n) is 3.88. The van der Waals surface area contributed by atoms with Crippen LogP contribution in [-0.2, 0) is 4.79 Å². The average Bonchev–Trinajstić information content (AvgIpc) is 2.05. The lowest BCUT2D eigenvalue weighted by molar-refractivity contribution is -0.110. The van der Waals surface area contributed by atoms with Crippen LogP contribution in [0.25, 0.3) is 0 Å². The molecule has 0 spiro atoms. The van der Waals surface area contributed by atoms with E-state index in [0.717, 1.165) is 13.1 Å². The highest BCUT2D eigenvalue weighted by molar-refractivity contribution is 6.26. The van der Waals surface area contributed by atoms with Crippen molar-refractivity contribution in [1.82, 2.24) is 10.9 Å². The van der Waals surface area contributed by atoms with Gasteiger partial charge in [0, 0.05) is 20.0 Å². The van der Waals surface area contributed by atoms with E-state index < -0.39 is 0 Å². The fraction of sp³-hybridized carbons (Fsp3) is 0.714. The Morgan fingerprint density at radius 3 is 2.25 bits per heavy atom. The van der Waals surface area contributed by atoms with Crippen LogP contribution < -0.4 is 16.7 Å². The van der Waals surface area contributed by atoms with Crippen LogP contribution in [0.5, 0.6) is 0 Å². The van der Waals surface area contributed by atoms with E-state index in [9.17, 15) is 4.79 Å². The normalized spacial score (nSPS) is 9.00. The third kappa shape index (κ3) is 23.0. The number of nitrogens with two attached hydrogens (primary N) is 1. The third-order valence-electron chi connectivity index (χ3n) is 0.700. The molecule has 0 saturated heterocycles. The average molecular weight is 174 g/mol. The molecule has 5 nitrogen and oxygen atoms in total. The second-order valence-electron chi connectivity index (χ2n) is 1.94. The number of carbonyl (C=O) groups excluding carboxylic acids is 1. The number of hydrazine groups is 1. The van der Waals surface area contributed by atoms with E-state index in [1.807, 2.05) is 13.8 Å². The maximum absolute atomic E-state index is 10.1. The first kappa shape index (κ1) is 13.6. The predicted molar refractivity (Wildman–Crippen MR) is 50.7 cm³/mol. The number of hydrogen-bond donors (Lipinski definition) is 3. The number of nitrogens with one attached hydrogen (secondary N) is 2. The Morgan fingerprint density at radius 2 is 2.00 bits per heavy atom. The molecule has 0 aliphatic carbocycles. The Balaban J connectivity index is 0. The Bertz CT molecular complexity index is 123. The first-order valence-corrected chi connectivity index (χ1v) is 3.88. The van der Waals surface area contributed by atoms with E-state index in [2.05, 4.69) is 16.0 Å². The molecule has 0 aromatic heterocycles.